The number of esters is 3. The van der Waals surface area contributed by atoms with Crippen LogP contribution in [0, 0.1) is 0 Å². The largest absolute Gasteiger partial charge is 0.472 e. The molecule has 0 saturated carbocycles. The van der Waals surface area contributed by atoms with Crippen molar-refractivity contribution in [2.24, 2.45) is 0 Å². The molecule has 0 bridgehead atoms. The van der Waals surface area contributed by atoms with E-state index in [1.54, 1.807) is 6.08 Å². The number of ether oxygens (including phenoxy) is 3. The van der Waals surface area contributed by atoms with Gasteiger partial charge in [-0.05, 0) is 103 Å². The van der Waals surface area contributed by atoms with Gasteiger partial charge in [0.1, 0.15) is 12.7 Å². The number of hydrogen-bond donors (Lipinski definition) is 2. The molecular weight excluding hydrogens is 952 g/mol. The van der Waals surface area contributed by atoms with Gasteiger partial charge in [0.25, 0.3) is 0 Å². The number of carbonyl (C=O) groups is 3. The van der Waals surface area contributed by atoms with Crippen LogP contribution in [0.4, 0.5) is 0 Å². The molecule has 0 aliphatic rings. The Balaban J connectivity index is 4.84. The summed E-state index contributed by atoms with van der Waals surface area (Å²) < 4.78 is 39.3. The van der Waals surface area contributed by atoms with Crippen LogP contribution >= 0.6 is 7.82 Å². The number of aliphatic hydroxyl groups is 1. The van der Waals surface area contributed by atoms with Crippen LogP contribution in [0.3, 0.4) is 0 Å². The minimum absolute atomic E-state index is 0.0714. The van der Waals surface area contributed by atoms with E-state index in [9.17, 15) is 28.9 Å². The van der Waals surface area contributed by atoms with E-state index in [1.807, 2.05) is 18.2 Å². The minimum Gasteiger partial charge on any atom is -0.462 e. The highest BCUT2D eigenvalue weighted by Gasteiger charge is 2.28. The maximum Gasteiger partial charge on any atom is 0.472 e. The molecule has 11 nitrogen and oxygen atoms in total. The van der Waals surface area contributed by atoms with Crippen LogP contribution in [-0.2, 0) is 42.2 Å². The van der Waals surface area contributed by atoms with Gasteiger partial charge in [-0.1, -0.05) is 214 Å². The number of aliphatic hydroxyl groups excluding tert-OH is 1. The Labute approximate surface area is 450 Å². The Kier molecular flexibility index (Phi) is 52.5. The van der Waals surface area contributed by atoms with Crippen molar-refractivity contribution in [2.75, 3.05) is 26.4 Å². The summed E-state index contributed by atoms with van der Waals surface area (Å²) in [7, 11) is -4.78. The first-order valence-corrected chi connectivity index (χ1v) is 30.3. The van der Waals surface area contributed by atoms with Crippen molar-refractivity contribution in [2.45, 2.75) is 238 Å². The van der Waals surface area contributed by atoms with E-state index in [0.29, 0.717) is 19.3 Å². The van der Waals surface area contributed by atoms with Crippen LogP contribution in [-0.4, -0.2) is 66.5 Å². The van der Waals surface area contributed by atoms with Gasteiger partial charge >= 0.3 is 25.7 Å². The lowest BCUT2D eigenvalue weighted by Gasteiger charge is -2.21. The predicted octanol–water partition coefficient (Wildman–Crippen LogP) is 17.0. The zero-order valence-corrected chi connectivity index (χ0v) is 47.4. The third kappa shape index (κ3) is 53.0. The van der Waals surface area contributed by atoms with E-state index in [4.69, 9.17) is 23.3 Å². The lowest BCUT2D eigenvalue weighted by molar-refractivity contribution is -0.160. The summed E-state index contributed by atoms with van der Waals surface area (Å²) in [6.45, 7) is 4.26. The van der Waals surface area contributed by atoms with Crippen LogP contribution in [0.1, 0.15) is 226 Å². The monoisotopic (exact) mass is 1050 g/mol. The summed E-state index contributed by atoms with van der Waals surface area (Å²) >= 11 is 0. The molecule has 0 radical (unpaired) electrons. The van der Waals surface area contributed by atoms with E-state index < -0.39 is 57.8 Å². The van der Waals surface area contributed by atoms with Crippen molar-refractivity contribution >= 4 is 25.7 Å². The SMILES string of the molecule is CC/C=C\C/C=C\C/C=C\C/C=C\C/C=C\CC(=O)OC(COC(=O)CCCCCCCCCCC/C=C\CCCCCCCC)COP(=O)(O)OCC(CO)OC(=O)CCCCC/C=C\C/C=C\C/C=C\CC. The number of rotatable bonds is 52. The first-order chi connectivity index (χ1) is 36.2. The van der Waals surface area contributed by atoms with Crippen LogP contribution in [0.15, 0.2) is 109 Å². The zero-order valence-electron chi connectivity index (χ0n) is 46.5. The van der Waals surface area contributed by atoms with Crippen LogP contribution in [0.25, 0.3) is 0 Å². The molecule has 0 spiro atoms. The third-order valence-electron chi connectivity index (χ3n) is 11.7. The zero-order chi connectivity index (χ0) is 54.1. The maximum absolute atomic E-state index is 12.9. The second-order valence-electron chi connectivity index (χ2n) is 18.7. The average molecular weight is 1060 g/mol. The Morgan fingerprint density at radius 3 is 1.22 bits per heavy atom. The van der Waals surface area contributed by atoms with Gasteiger partial charge in [-0.15, -0.1) is 0 Å². The molecule has 3 atom stereocenters. The lowest BCUT2D eigenvalue weighted by atomic mass is 10.1. The quantitative estimate of drug-likeness (QED) is 0.0197. The smallest absolute Gasteiger partial charge is 0.462 e. The summed E-state index contributed by atoms with van der Waals surface area (Å²) in [6, 6.07) is 0. The van der Waals surface area contributed by atoms with Gasteiger partial charge in [0.2, 0.25) is 0 Å². The van der Waals surface area contributed by atoms with Gasteiger partial charge in [-0.3, -0.25) is 23.4 Å². The van der Waals surface area contributed by atoms with Gasteiger partial charge in [-0.25, -0.2) is 4.57 Å². The Morgan fingerprint density at radius 1 is 0.405 bits per heavy atom. The van der Waals surface area contributed by atoms with E-state index in [-0.39, 0.29) is 25.9 Å². The molecule has 0 aromatic heterocycles. The van der Waals surface area contributed by atoms with E-state index in [0.717, 1.165) is 83.5 Å². The van der Waals surface area contributed by atoms with E-state index in [1.165, 1.54) is 83.5 Å². The Hall–Kier alpha value is -3.86. The first kappa shape index (κ1) is 70.1. The fraction of sp³-hybridized carbons (Fsp3) is 0.661. The summed E-state index contributed by atoms with van der Waals surface area (Å²) in [5, 5.41) is 9.79. The van der Waals surface area contributed by atoms with Crippen molar-refractivity contribution in [3.05, 3.63) is 109 Å². The second-order valence-corrected chi connectivity index (χ2v) is 20.2. The molecule has 0 heterocycles. The minimum atomic E-state index is -4.78. The number of hydrogen-bond acceptors (Lipinski definition) is 10. The molecular formula is C62H103O11P. The third-order valence-corrected chi connectivity index (χ3v) is 12.6. The summed E-state index contributed by atoms with van der Waals surface area (Å²) in [5.74, 6) is -1.66. The highest BCUT2D eigenvalue weighted by Crippen LogP contribution is 2.43. The van der Waals surface area contributed by atoms with E-state index in [2.05, 4.69) is 106 Å². The molecule has 0 rings (SSSR count). The molecule has 3 unspecified atom stereocenters. The fourth-order valence-corrected chi connectivity index (χ4v) is 8.17. The lowest BCUT2D eigenvalue weighted by Crippen LogP contribution is -2.30. The topological polar surface area (TPSA) is 155 Å². The Bertz CT molecular complexity index is 1660. The number of unbranched alkanes of at least 4 members (excludes halogenated alkanes) is 18. The normalized spacial score (nSPS) is 14.2. The van der Waals surface area contributed by atoms with Crippen molar-refractivity contribution < 1.29 is 52.2 Å². The van der Waals surface area contributed by atoms with Gasteiger partial charge in [0.05, 0.1) is 26.2 Å². The molecule has 422 valence electrons. The van der Waals surface area contributed by atoms with E-state index >= 15 is 0 Å². The van der Waals surface area contributed by atoms with Crippen LogP contribution in [0.2, 0.25) is 0 Å². The van der Waals surface area contributed by atoms with Crippen molar-refractivity contribution in [1.29, 1.82) is 0 Å². The predicted molar refractivity (Wildman–Crippen MR) is 307 cm³/mol. The number of carbonyl (C=O) groups excluding carboxylic acids is 3. The van der Waals surface area contributed by atoms with Crippen LogP contribution < -0.4 is 0 Å². The molecule has 0 aromatic rings. The molecule has 0 aliphatic heterocycles. The van der Waals surface area contributed by atoms with Crippen molar-refractivity contribution in [3.8, 4) is 0 Å². The summed E-state index contributed by atoms with van der Waals surface area (Å²) in [5.41, 5.74) is 0. The molecule has 74 heavy (non-hydrogen) atoms. The Morgan fingerprint density at radius 2 is 0.757 bits per heavy atom. The molecule has 0 aromatic carbocycles. The highest BCUT2D eigenvalue weighted by atomic mass is 31.2. The molecule has 12 heteroatoms. The van der Waals surface area contributed by atoms with Crippen molar-refractivity contribution in [1.82, 2.24) is 0 Å². The standard InChI is InChI=1S/C62H103O11P/c1-4-7-10-13-16-19-22-25-27-28-29-30-32-34-36-39-42-45-48-51-60(64)69-55-59(73-62(66)53-50-47-44-41-38-35-31-26-23-20-17-14-11-8-5-2)57-71-74(67,68)70-56-58(54-63)72-61(65)52-49-46-43-40-37-33-24-21-18-15-12-9-6-3/h8-9,11-12,17-18,20-21,25-27,31,33,37-38,41,47,50,58-59,63H,4-7,10,13-16,19,22-24,28-30,32,34-36,39-40,42-46,48-49,51-57H2,1-3H3,(H,67,68)/b11-8-,12-9-,20-17-,21-18-,27-25-,31-26-,37-33-,41-38-,50-47-. The second kappa shape index (κ2) is 55.4. The van der Waals surface area contributed by atoms with Gasteiger partial charge in [-0.2, -0.15) is 0 Å². The summed E-state index contributed by atoms with van der Waals surface area (Å²) in [6.07, 6.45) is 66.6. The number of allylic oxidation sites excluding steroid dienone is 17. The molecule has 0 aliphatic carbocycles. The first-order valence-electron chi connectivity index (χ1n) is 28.8. The fourth-order valence-electron chi connectivity index (χ4n) is 7.38. The summed E-state index contributed by atoms with van der Waals surface area (Å²) in [4.78, 5) is 48.4. The molecule has 0 saturated heterocycles. The molecule has 0 amide bonds. The molecule has 0 fully saturated rings. The van der Waals surface area contributed by atoms with Crippen molar-refractivity contribution in [3.63, 3.8) is 0 Å². The number of phosphoric ester groups is 1. The van der Waals surface area contributed by atoms with Gasteiger partial charge < -0.3 is 24.2 Å². The van der Waals surface area contributed by atoms with Gasteiger partial charge in [0.15, 0.2) is 6.10 Å². The highest BCUT2D eigenvalue weighted by molar-refractivity contribution is 7.47. The average Bonchev–Trinajstić information content (AvgIpc) is 3.39. The molecule has 2 N–H and O–H groups in total. The van der Waals surface area contributed by atoms with Gasteiger partial charge in [0, 0.05) is 12.8 Å². The number of phosphoric acid groups is 1. The maximum atomic E-state index is 12.9. The van der Waals surface area contributed by atoms with Crippen LogP contribution in [0.5, 0.6) is 0 Å².